The molecule has 122 valence electrons. The van der Waals surface area contributed by atoms with Gasteiger partial charge in [0.1, 0.15) is 0 Å². The Morgan fingerprint density at radius 2 is 2.21 bits per heavy atom. The summed E-state index contributed by atoms with van der Waals surface area (Å²) in [5.41, 5.74) is 3.20. The first-order chi connectivity index (χ1) is 11.7. The van der Waals surface area contributed by atoms with E-state index in [0.717, 1.165) is 22.2 Å². The van der Waals surface area contributed by atoms with E-state index in [1.54, 1.807) is 6.07 Å². The number of carbonyl (C=O) groups excluding carboxylic acids is 1. The quantitative estimate of drug-likeness (QED) is 0.744. The molecule has 0 saturated carbocycles. The van der Waals surface area contributed by atoms with Gasteiger partial charge in [-0.25, -0.2) is 4.98 Å². The molecule has 1 atom stereocenters. The van der Waals surface area contributed by atoms with Gasteiger partial charge in [0, 0.05) is 5.02 Å². The van der Waals surface area contributed by atoms with Crippen molar-refractivity contribution in [2.24, 2.45) is 0 Å². The van der Waals surface area contributed by atoms with E-state index < -0.39 is 0 Å². The van der Waals surface area contributed by atoms with Crippen molar-refractivity contribution < 1.29 is 9.53 Å². The Kier molecular flexibility index (Phi) is 4.22. The van der Waals surface area contributed by atoms with Crippen LogP contribution in [-0.4, -0.2) is 17.5 Å². The lowest BCUT2D eigenvalue weighted by atomic mass is 9.96. The van der Waals surface area contributed by atoms with Crippen molar-refractivity contribution in [3.05, 3.63) is 58.6 Å². The van der Waals surface area contributed by atoms with Crippen molar-refractivity contribution in [2.45, 2.75) is 18.9 Å². The third kappa shape index (κ3) is 3.15. The van der Waals surface area contributed by atoms with E-state index >= 15 is 0 Å². The lowest BCUT2D eigenvalue weighted by molar-refractivity contribution is -0.119. The van der Waals surface area contributed by atoms with Crippen LogP contribution in [0, 0.1) is 0 Å². The molecule has 0 aliphatic carbocycles. The molecular weight excluding hydrogens is 344 g/mol. The Bertz CT molecular complexity index is 909. The Morgan fingerprint density at radius 3 is 3.12 bits per heavy atom. The molecule has 1 aromatic heterocycles. The summed E-state index contributed by atoms with van der Waals surface area (Å²) in [6.07, 6.45) is 0.986. The van der Waals surface area contributed by atoms with E-state index in [9.17, 15) is 4.79 Å². The van der Waals surface area contributed by atoms with Gasteiger partial charge in [-0.2, -0.15) is 0 Å². The van der Waals surface area contributed by atoms with E-state index in [0.29, 0.717) is 16.8 Å². The molecule has 1 amide bonds. The minimum atomic E-state index is -0.196. The fourth-order valence-corrected chi connectivity index (χ4v) is 4.09. The molecule has 0 saturated heterocycles. The van der Waals surface area contributed by atoms with Crippen molar-refractivity contribution in [1.29, 1.82) is 0 Å². The predicted octanol–water partition coefficient (Wildman–Crippen LogP) is 4.59. The molecular formula is C18H15ClN2O2S. The van der Waals surface area contributed by atoms with Crippen LogP contribution in [0.15, 0.2) is 42.5 Å². The Hall–Kier alpha value is -1.95. The predicted molar refractivity (Wildman–Crippen MR) is 96.7 cm³/mol. The van der Waals surface area contributed by atoms with Gasteiger partial charge >= 0.3 is 0 Å². The molecule has 2 heterocycles. The van der Waals surface area contributed by atoms with Crippen LogP contribution in [0.3, 0.4) is 0 Å². The number of ether oxygens (including phenoxy) is 1. The Balaban J connectivity index is 1.48. The maximum absolute atomic E-state index is 12.4. The number of carbonyl (C=O) groups is 1. The van der Waals surface area contributed by atoms with Gasteiger partial charge < -0.3 is 10.1 Å². The van der Waals surface area contributed by atoms with E-state index in [2.05, 4.69) is 16.4 Å². The van der Waals surface area contributed by atoms with Crippen LogP contribution in [0.5, 0.6) is 0 Å². The van der Waals surface area contributed by atoms with Crippen LogP contribution < -0.4 is 5.32 Å². The summed E-state index contributed by atoms with van der Waals surface area (Å²) < 4.78 is 6.75. The minimum absolute atomic E-state index is 0.0955. The first-order valence-corrected chi connectivity index (χ1v) is 8.94. The van der Waals surface area contributed by atoms with Crippen LogP contribution in [0.1, 0.15) is 23.7 Å². The highest BCUT2D eigenvalue weighted by Crippen LogP contribution is 2.31. The maximum atomic E-state index is 12.4. The normalized spacial score (nSPS) is 16.8. The molecule has 0 bridgehead atoms. The molecule has 0 spiro atoms. The van der Waals surface area contributed by atoms with Gasteiger partial charge in [-0.1, -0.05) is 47.2 Å². The van der Waals surface area contributed by atoms with Crippen molar-refractivity contribution in [3.8, 4) is 0 Å². The largest absolute Gasteiger partial charge is 0.373 e. The van der Waals surface area contributed by atoms with E-state index in [1.165, 1.54) is 16.9 Å². The van der Waals surface area contributed by atoms with E-state index in [4.69, 9.17) is 16.3 Å². The molecule has 1 aliphatic heterocycles. The van der Waals surface area contributed by atoms with Gasteiger partial charge in [-0.3, -0.25) is 4.79 Å². The van der Waals surface area contributed by atoms with Crippen LogP contribution in [0.25, 0.3) is 10.2 Å². The summed E-state index contributed by atoms with van der Waals surface area (Å²) in [5.74, 6) is -0.0955. The highest BCUT2D eigenvalue weighted by Gasteiger charge is 2.23. The number of fused-ring (bicyclic) bond motifs is 2. The molecule has 1 aliphatic rings. The monoisotopic (exact) mass is 358 g/mol. The zero-order valence-corrected chi connectivity index (χ0v) is 14.4. The average molecular weight is 359 g/mol. The SMILES string of the molecule is O=C(CC1OCCc2ccccc21)Nc1nc2ccc(Cl)cc2s1. The lowest BCUT2D eigenvalue weighted by Gasteiger charge is -2.25. The van der Waals surface area contributed by atoms with E-state index in [1.807, 2.05) is 30.3 Å². The van der Waals surface area contributed by atoms with Crippen LogP contribution in [0.2, 0.25) is 5.02 Å². The molecule has 4 rings (SSSR count). The number of nitrogens with one attached hydrogen (secondary N) is 1. The molecule has 0 fully saturated rings. The van der Waals surface area contributed by atoms with Gasteiger partial charge in [0.05, 0.1) is 29.3 Å². The van der Waals surface area contributed by atoms with Crippen LogP contribution in [0.4, 0.5) is 5.13 Å². The smallest absolute Gasteiger partial charge is 0.229 e. The lowest BCUT2D eigenvalue weighted by Crippen LogP contribution is -2.22. The van der Waals surface area contributed by atoms with Crippen molar-refractivity contribution in [2.75, 3.05) is 11.9 Å². The fraction of sp³-hybridized carbons (Fsp3) is 0.222. The second-order valence-corrected chi connectivity index (χ2v) is 7.16. The summed E-state index contributed by atoms with van der Waals surface area (Å²) in [6, 6.07) is 13.6. The molecule has 0 radical (unpaired) electrons. The summed E-state index contributed by atoms with van der Waals surface area (Å²) in [6.45, 7) is 0.647. The first kappa shape index (κ1) is 15.6. The summed E-state index contributed by atoms with van der Waals surface area (Å²) in [5, 5.41) is 4.12. The fourth-order valence-electron chi connectivity index (χ4n) is 2.94. The summed E-state index contributed by atoms with van der Waals surface area (Å²) >= 11 is 7.40. The maximum Gasteiger partial charge on any atom is 0.229 e. The summed E-state index contributed by atoms with van der Waals surface area (Å²) in [4.78, 5) is 16.8. The number of hydrogen-bond acceptors (Lipinski definition) is 4. The standard InChI is InChI=1S/C18H15ClN2O2S/c19-12-5-6-14-16(9-12)24-18(20-14)21-17(22)10-15-13-4-2-1-3-11(13)7-8-23-15/h1-6,9,15H,7-8,10H2,(H,20,21,22). The highest BCUT2D eigenvalue weighted by atomic mass is 35.5. The second kappa shape index (κ2) is 6.51. The number of nitrogens with zero attached hydrogens (tertiary/aromatic N) is 1. The van der Waals surface area contributed by atoms with Gasteiger partial charge in [-0.15, -0.1) is 0 Å². The van der Waals surface area contributed by atoms with Gasteiger partial charge in [0.25, 0.3) is 0 Å². The molecule has 3 aromatic rings. The summed E-state index contributed by atoms with van der Waals surface area (Å²) in [7, 11) is 0. The number of hydrogen-bond donors (Lipinski definition) is 1. The Morgan fingerprint density at radius 1 is 1.33 bits per heavy atom. The molecule has 1 N–H and O–H groups in total. The minimum Gasteiger partial charge on any atom is -0.373 e. The molecule has 6 heteroatoms. The highest BCUT2D eigenvalue weighted by molar-refractivity contribution is 7.22. The second-order valence-electron chi connectivity index (χ2n) is 5.69. The molecule has 24 heavy (non-hydrogen) atoms. The number of rotatable bonds is 3. The van der Waals surface area contributed by atoms with Crippen LogP contribution in [-0.2, 0) is 16.0 Å². The van der Waals surface area contributed by atoms with Crippen molar-refractivity contribution >= 4 is 44.2 Å². The van der Waals surface area contributed by atoms with Gasteiger partial charge in [0.2, 0.25) is 5.91 Å². The molecule has 2 aromatic carbocycles. The zero-order valence-electron chi connectivity index (χ0n) is 12.8. The topological polar surface area (TPSA) is 51.2 Å². The number of anilines is 1. The average Bonchev–Trinajstić information content (AvgIpc) is 2.96. The van der Waals surface area contributed by atoms with E-state index in [-0.39, 0.29) is 18.4 Å². The third-order valence-electron chi connectivity index (χ3n) is 4.06. The molecule has 4 nitrogen and oxygen atoms in total. The Labute approximate surface area is 148 Å². The van der Waals surface area contributed by atoms with Crippen molar-refractivity contribution in [3.63, 3.8) is 0 Å². The van der Waals surface area contributed by atoms with Gasteiger partial charge in [0.15, 0.2) is 5.13 Å². The number of halogens is 1. The number of thiazole rings is 1. The van der Waals surface area contributed by atoms with Gasteiger partial charge in [-0.05, 0) is 35.7 Å². The third-order valence-corrected chi connectivity index (χ3v) is 5.23. The first-order valence-electron chi connectivity index (χ1n) is 7.74. The number of aromatic nitrogens is 1. The number of amides is 1. The molecule has 1 unspecified atom stereocenters. The zero-order chi connectivity index (χ0) is 16.5. The van der Waals surface area contributed by atoms with Crippen LogP contribution >= 0.6 is 22.9 Å². The van der Waals surface area contributed by atoms with Crippen molar-refractivity contribution in [1.82, 2.24) is 4.98 Å². The number of benzene rings is 2.